The zero-order valence-electron chi connectivity index (χ0n) is 12.8. The lowest BCUT2D eigenvalue weighted by Crippen LogP contribution is -2.27. The van der Waals surface area contributed by atoms with E-state index < -0.39 is 10.0 Å². The number of nitrogens with one attached hydrogen (secondary N) is 1. The topological polar surface area (TPSA) is 46.2 Å². The van der Waals surface area contributed by atoms with E-state index in [1.807, 2.05) is 43.3 Å². The Bertz CT molecular complexity index is 982. The molecule has 0 aromatic heterocycles. The molecular formula is C18H15BrClNO2S. The Balaban J connectivity index is 2.01. The van der Waals surface area contributed by atoms with E-state index in [2.05, 4.69) is 20.7 Å². The lowest BCUT2D eigenvalue weighted by Gasteiger charge is -2.16. The first kappa shape index (κ1) is 17.4. The highest BCUT2D eigenvalue weighted by atomic mass is 79.9. The van der Waals surface area contributed by atoms with Gasteiger partial charge in [0.1, 0.15) is 0 Å². The molecule has 24 heavy (non-hydrogen) atoms. The first-order valence-electron chi connectivity index (χ1n) is 7.33. The van der Waals surface area contributed by atoms with Crippen LogP contribution in [0.2, 0.25) is 5.02 Å². The molecule has 1 N–H and O–H groups in total. The monoisotopic (exact) mass is 423 g/mol. The van der Waals surface area contributed by atoms with Gasteiger partial charge in [-0.25, -0.2) is 13.1 Å². The Morgan fingerprint density at radius 1 is 1.00 bits per heavy atom. The maximum absolute atomic E-state index is 12.9. The third-order valence-corrected chi connectivity index (χ3v) is 6.23. The minimum absolute atomic E-state index is 0.189. The SMILES string of the molecule is CC(NS(=O)(=O)c1cccc2cccc(Cl)c12)c1ccc(Br)cc1. The number of hydrogen-bond donors (Lipinski definition) is 1. The van der Waals surface area contributed by atoms with Gasteiger partial charge in [0.2, 0.25) is 10.0 Å². The number of fused-ring (bicyclic) bond motifs is 1. The van der Waals surface area contributed by atoms with E-state index in [4.69, 9.17) is 11.6 Å². The summed E-state index contributed by atoms with van der Waals surface area (Å²) in [5.41, 5.74) is 0.883. The predicted molar refractivity (Wildman–Crippen MR) is 102 cm³/mol. The Morgan fingerprint density at radius 2 is 1.62 bits per heavy atom. The van der Waals surface area contributed by atoms with Gasteiger partial charge in [-0.2, -0.15) is 0 Å². The van der Waals surface area contributed by atoms with E-state index in [9.17, 15) is 8.42 Å². The summed E-state index contributed by atoms with van der Waals surface area (Å²) in [5, 5.41) is 1.75. The molecule has 0 aliphatic rings. The molecule has 3 rings (SSSR count). The van der Waals surface area contributed by atoms with E-state index in [0.717, 1.165) is 15.4 Å². The molecule has 0 aliphatic heterocycles. The fourth-order valence-corrected chi connectivity index (χ4v) is 4.69. The van der Waals surface area contributed by atoms with Crippen molar-refractivity contribution in [3.63, 3.8) is 0 Å². The molecule has 0 saturated carbocycles. The third kappa shape index (κ3) is 3.49. The van der Waals surface area contributed by atoms with Gasteiger partial charge in [-0.1, -0.05) is 63.9 Å². The smallest absolute Gasteiger partial charge is 0.207 e. The van der Waals surface area contributed by atoms with Gasteiger partial charge in [0.15, 0.2) is 0 Å². The van der Waals surface area contributed by atoms with Crippen molar-refractivity contribution in [3.8, 4) is 0 Å². The number of sulfonamides is 1. The Kier molecular flexibility index (Phi) is 4.97. The molecule has 0 fully saturated rings. The normalized spacial score (nSPS) is 13.1. The quantitative estimate of drug-likeness (QED) is 0.618. The average molecular weight is 425 g/mol. The fraction of sp³-hybridized carbons (Fsp3) is 0.111. The summed E-state index contributed by atoms with van der Waals surface area (Å²) in [4.78, 5) is 0.189. The number of benzene rings is 3. The van der Waals surface area contributed by atoms with Gasteiger partial charge in [0, 0.05) is 20.9 Å². The van der Waals surface area contributed by atoms with E-state index >= 15 is 0 Å². The number of rotatable bonds is 4. The standard InChI is InChI=1S/C18H15BrClNO2S/c1-12(13-8-10-15(19)11-9-13)21-24(22,23)17-7-3-5-14-4-2-6-16(20)18(14)17/h2-12,21H,1H3. The predicted octanol–water partition coefficient (Wildman–Crippen LogP) is 5.30. The van der Waals surface area contributed by atoms with Gasteiger partial charge in [0.25, 0.3) is 0 Å². The van der Waals surface area contributed by atoms with Crippen LogP contribution in [0.5, 0.6) is 0 Å². The van der Waals surface area contributed by atoms with E-state index in [0.29, 0.717) is 10.4 Å². The zero-order chi connectivity index (χ0) is 17.3. The Hall–Kier alpha value is -1.40. The summed E-state index contributed by atoms with van der Waals surface area (Å²) in [6, 6.07) is 17.7. The lowest BCUT2D eigenvalue weighted by atomic mass is 10.1. The Morgan fingerprint density at radius 3 is 2.29 bits per heavy atom. The van der Waals surface area contributed by atoms with Crippen LogP contribution in [0.15, 0.2) is 70.0 Å². The summed E-state index contributed by atoms with van der Waals surface area (Å²) in [6.45, 7) is 1.81. The van der Waals surface area contributed by atoms with Crippen LogP contribution in [-0.2, 0) is 10.0 Å². The van der Waals surface area contributed by atoms with Crippen LogP contribution in [0.4, 0.5) is 0 Å². The molecule has 124 valence electrons. The first-order valence-corrected chi connectivity index (χ1v) is 9.99. The molecule has 0 aliphatic carbocycles. The highest BCUT2D eigenvalue weighted by molar-refractivity contribution is 9.10. The second-order valence-corrected chi connectivity index (χ2v) is 8.49. The van der Waals surface area contributed by atoms with Crippen LogP contribution in [0, 0.1) is 0 Å². The molecule has 3 aromatic rings. The fourth-order valence-electron chi connectivity index (χ4n) is 2.60. The van der Waals surface area contributed by atoms with Crippen molar-refractivity contribution >= 4 is 48.3 Å². The number of halogens is 2. The van der Waals surface area contributed by atoms with Crippen molar-refractivity contribution in [1.29, 1.82) is 0 Å². The molecule has 6 heteroatoms. The van der Waals surface area contributed by atoms with Crippen molar-refractivity contribution in [3.05, 3.63) is 75.7 Å². The minimum Gasteiger partial charge on any atom is -0.207 e. The summed E-state index contributed by atoms with van der Waals surface area (Å²) in [7, 11) is -3.71. The van der Waals surface area contributed by atoms with Crippen LogP contribution in [-0.4, -0.2) is 8.42 Å². The highest BCUT2D eigenvalue weighted by Gasteiger charge is 2.21. The van der Waals surface area contributed by atoms with Crippen LogP contribution in [0.3, 0.4) is 0 Å². The molecule has 3 nitrogen and oxygen atoms in total. The van der Waals surface area contributed by atoms with Crippen molar-refractivity contribution in [2.75, 3.05) is 0 Å². The summed E-state index contributed by atoms with van der Waals surface area (Å²) >= 11 is 9.62. The molecular weight excluding hydrogens is 410 g/mol. The lowest BCUT2D eigenvalue weighted by molar-refractivity contribution is 0.568. The molecule has 0 saturated heterocycles. The molecule has 3 aromatic carbocycles. The maximum Gasteiger partial charge on any atom is 0.241 e. The molecule has 0 amide bonds. The zero-order valence-corrected chi connectivity index (χ0v) is 16.0. The van der Waals surface area contributed by atoms with Crippen LogP contribution in [0.25, 0.3) is 10.8 Å². The first-order chi connectivity index (χ1) is 11.4. The van der Waals surface area contributed by atoms with Gasteiger partial charge in [-0.15, -0.1) is 0 Å². The van der Waals surface area contributed by atoms with Gasteiger partial charge in [0.05, 0.1) is 4.90 Å². The van der Waals surface area contributed by atoms with Crippen molar-refractivity contribution in [2.45, 2.75) is 17.9 Å². The third-order valence-electron chi connectivity index (χ3n) is 3.81. The molecule has 0 radical (unpaired) electrons. The van der Waals surface area contributed by atoms with Gasteiger partial charge >= 0.3 is 0 Å². The molecule has 1 unspecified atom stereocenters. The van der Waals surface area contributed by atoms with Crippen LogP contribution < -0.4 is 4.72 Å². The molecule has 0 spiro atoms. The van der Waals surface area contributed by atoms with Crippen molar-refractivity contribution < 1.29 is 8.42 Å². The van der Waals surface area contributed by atoms with Crippen LogP contribution >= 0.6 is 27.5 Å². The highest BCUT2D eigenvalue weighted by Crippen LogP contribution is 2.30. The van der Waals surface area contributed by atoms with Gasteiger partial charge < -0.3 is 0 Å². The summed E-state index contributed by atoms with van der Waals surface area (Å²) in [5.74, 6) is 0. The van der Waals surface area contributed by atoms with E-state index in [-0.39, 0.29) is 10.9 Å². The number of hydrogen-bond acceptors (Lipinski definition) is 2. The molecule has 0 heterocycles. The minimum atomic E-state index is -3.71. The average Bonchev–Trinajstić information content (AvgIpc) is 2.55. The van der Waals surface area contributed by atoms with E-state index in [1.165, 1.54) is 0 Å². The van der Waals surface area contributed by atoms with Crippen LogP contribution in [0.1, 0.15) is 18.5 Å². The largest absolute Gasteiger partial charge is 0.241 e. The molecule has 0 bridgehead atoms. The second kappa shape index (κ2) is 6.84. The van der Waals surface area contributed by atoms with E-state index in [1.54, 1.807) is 24.3 Å². The van der Waals surface area contributed by atoms with Gasteiger partial charge in [-0.05, 0) is 42.1 Å². The Labute approximate surface area is 154 Å². The molecule has 1 atom stereocenters. The van der Waals surface area contributed by atoms with Crippen molar-refractivity contribution in [2.24, 2.45) is 0 Å². The maximum atomic E-state index is 12.9. The van der Waals surface area contributed by atoms with Crippen molar-refractivity contribution in [1.82, 2.24) is 4.72 Å². The summed E-state index contributed by atoms with van der Waals surface area (Å²) in [6.07, 6.45) is 0. The second-order valence-electron chi connectivity index (χ2n) is 5.49. The summed E-state index contributed by atoms with van der Waals surface area (Å²) < 4.78 is 29.4. The van der Waals surface area contributed by atoms with Gasteiger partial charge in [-0.3, -0.25) is 0 Å².